The van der Waals surface area contributed by atoms with Crippen molar-refractivity contribution in [2.45, 2.75) is 0 Å². The van der Waals surface area contributed by atoms with Gasteiger partial charge in [-0.1, -0.05) is 11.6 Å². The van der Waals surface area contributed by atoms with E-state index in [9.17, 15) is 4.39 Å². The van der Waals surface area contributed by atoms with Gasteiger partial charge in [-0.05, 0) is 24.3 Å². The van der Waals surface area contributed by atoms with Crippen molar-refractivity contribution in [2.24, 2.45) is 0 Å². The molecule has 0 spiro atoms. The van der Waals surface area contributed by atoms with Crippen LogP contribution in [0, 0.1) is 17.1 Å². The van der Waals surface area contributed by atoms with Crippen LogP contribution in [0.1, 0.15) is 5.56 Å². The minimum Gasteiger partial charge on any atom is -0.481 e. The summed E-state index contributed by atoms with van der Waals surface area (Å²) in [5.41, 5.74) is 1.51. The van der Waals surface area contributed by atoms with Crippen molar-refractivity contribution in [2.75, 3.05) is 7.11 Å². The Bertz CT molecular complexity index is 637. The molecule has 0 aliphatic rings. The van der Waals surface area contributed by atoms with Gasteiger partial charge in [0.05, 0.1) is 17.7 Å². The maximum Gasteiger partial charge on any atom is 0.221 e. The highest BCUT2D eigenvalue weighted by molar-refractivity contribution is 6.33. The van der Waals surface area contributed by atoms with Crippen LogP contribution in [0.3, 0.4) is 0 Å². The SMILES string of the molecule is COc1ncc(C#N)cc1-c1ccc(F)cc1Cl. The molecule has 2 aromatic rings. The van der Waals surface area contributed by atoms with Crippen LogP contribution in [0.4, 0.5) is 4.39 Å². The van der Waals surface area contributed by atoms with Crippen molar-refractivity contribution in [3.63, 3.8) is 0 Å². The maximum atomic E-state index is 13.0. The van der Waals surface area contributed by atoms with E-state index < -0.39 is 5.82 Å². The summed E-state index contributed by atoms with van der Waals surface area (Å²) < 4.78 is 18.1. The molecule has 0 aliphatic carbocycles. The molecule has 0 aliphatic heterocycles. The summed E-state index contributed by atoms with van der Waals surface area (Å²) in [6, 6.07) is 7.61. The molecular formula is C13H8ClFN2O. The summed E-state index contributed by atoms with van der Waals surface area (Å²) in [6.45, 7) is 0. The van der Waals surface area contributed by atoms with Gasteiger partial charge in [0.1, 0.15) is 11.9 Å². The van der Waals surface area contributed by atoms with E-state index in [1.54, 1.807) is 6.07 Å². The van der Waals surface area contributed by atoms with E-state index in [-0.39, 0.29) is 5.02 Å². The third-order valence-electron chi connectivity index (χ3n) is 2.39. The summed E-state index contributed by atoms with van der Waals surface area (Å²) in [5, 5.41) is 9.10. The van der Waals surface area contributed by atoms with Crippen LogP contribution in [-0.2, 0) is 0 Å². The Labute approximate surface area is 108 Å². The number of hydrogen-bond donors (Lipinski definition) is 0. The quantitative estimate of drug-likeness (QED) is 0.833. The van der Waals surface area contributed by atoms with Gasteiger partial charge >= 0.3 is 0 Å². The lowest BCUT2D eigenvalue weighted by atomic mass is 10.1. The molecular weight excluding hydrogens is 255 g/mol. The van der Waals surface area contributed by atoms with Gasteiger partial charge in [-0.3, -0.25) is 0 Å². The second-order valence-corrected chi connectivity index (χ2v) is 3.92. The number of benzene rings is 1. The molecule has 1 aromatic heterocycles. The lowest BCUT2D eigenvalue weighted by Gasteiger charge is -2.09. The van der Waals surface area contributed by atoms with E-state index in [1.165, 1.54) is 31.5 Å². The molecule has 3 nitrogen and oxygen atoms in total. The van der Waals surface area contributed by atoms with E-state index >= 15 is 0 Å². The Balaban J connectivity index is 2.65. The molecule has 0 unspecified atom stereocenters. The summed E-state index contributed by atoms with van der Waals surface area (Å²) in [6.07, 6.45) is 1.40. The highest BCUT2D eigenvalue weighted by Crippen LogP contribution is 2.34. The zero-order chi connectivity index (χ0) is 13.1. The first-order valence-corrected chi connectivity index (χ1v) is 5.43. The normalized spacial score (nSPS) is 9.89. The summed E-state index contributed by atoms with van der Waals surface area (Å²) >= 11 is 5.98. The van der Waals surface area contributed by atoms with Crippen molar-refractivity contribution in [3.8, 4) is 23.1 Å². The molecule has 0 fully saturated rings. The van der Waals surface area contributed by atoms with Gasteiger partial charge in [-0.2, -0.15) is 5.26 Å². The highest BCUT2D eigenvalue weighted by Gasteiger charge is 2.12. The monoisotopic (exact) mass is 262 g/mol. The van der Waals surface area contributed by atoms with Gasteiger partial charge in [-0.15, -0.1) is 0 Å². The molecule has 1 aromatic carbocycles. The topological polar surface area (TPSA) is 45.9 Å². The van der Waals surface area contributed by atoms with E-state index in [0.29, 0.717) is 22.6 Å². The number of aromatic nitrogens is 1. The van der Waals surface area contributed by atoms with Crippen molar-refractivity contribution >= 4 is 11.6 Å². The minimum atomic E-state index is -0.424. The first-order valence-electron chi connectivity index (χ1n) is 5.05. The average Bonchev–Trinajstić information content (AvgIpc) is 2.38. The Morgan fingerprint density at radius 2 is 2.11 bits per heavy atom. The van der Waals surface area contributed by atoms with Gasteiger partial charge in [0.15, 0.2) is 0 Å². The lowest BCUT2D eigenvalue weighted by Crippen LogP contribution is -1.93. The van der Waals surface area contributed by atoms with Crippen molar-refractivity contribution in [1.82, 2.24) is 4.98 Å². The van der Waals surface area contributed by atoms with Gasteiger partial charge < -0.3 is 4.74 Å². The number of ether oxygens (including phenoxy) is 1. The predicted molar refractivity (Wildman–Crippen MR) is 65.9 cm³/mol. The molecule has 2 rings (SSSR count). The standard InChI is InChI=1S/C13H8ClFN2O/c1-18-13-11(4-8(6-16)7-17-13)10-3-2-9(15)5-12(10)14/h2-5,7H,1H3. The number of hydrogen-bond acceptors (Lipinski definition) is 3. The number of pyridine rings is 1. The van der Waals surface area contributed by atoms with Crippen molar-refractivity contribution in [1.29, 1.82) is 5.26 Å². The third-order valence-corrected chi connectivity index (χ3v) is 2.71. The third kappa shape index (κ3) is 2.27. The fourth-order valence-electron chi connectivity index (χ4n) is 1.58. The Morgan fingerprint density at radius 1 is 1.33 bits per heavy atom. The molecule has 5 heteroatoms. The van der Waals surface area contributed by atoms with Crippen LogP contribution in [0.2, 0.25) is 5.02 Å². The largest absolute Gasteiger partial charge is 0.481 e. The Hall–Kier alpha value is -2.12. The first kappa shape index (κ1) is 12.3. The smallest absolute Gasteiger partial charge is 0.221 e. The number of halogens is 2. The fourth-order valence-corrected chi connectivity index (χ4v) is 1.85. The summed E-state index contributed by atoms with van der Waals surface area (Å²) in [4.78, 5) is 4.01. The molecule has 0 atom stereocenters. The molecule has 90 valence electrons. The number of methoxy groups -OCH3 is 1. The van der Waals surface area contributed by atoms with E-state index in [1.807, 2.05) is 6.07 Å². The summed E-state index contributed by atoms with van der Waals surface area (Å²) in [7, 11) is 1.47. The molecule has 18 heavy (non-hydrogen) atoms. The van der Waals surface area contributed by atoms with Crippen LogP contribution in [0.15, 0.2) is 30.5 Å². The maximum absolute atomic E-state index is 13.0. The first-order chi connectivity index (χ1) is 8.65. The molecule has 1 heterocycles. The Kier molecular flexibility index (Phi) is 3.45. The van der Waals surface area contributed by atoms with Crippen molar-refractivity contribution in [3.05, 3.63) is 46.9 Å². The predicted octanol–water partition coefficient (Wildman–Crippen LogP) is 3.42. The fraction of sp³-hybridized carbons (Fsp3) is 0.0769. The second-order valence-electron chi connectivity index (χ2n) is 3.52. The van der Waals surface area contributed by atoms with Crippen LogP contribution < -0.4 is 4.74 Å². The molecule has 0 saturated heterocycles. The average molecular weight is 263 g/mol. The second kappa shape index (κ2) is 5.03. The Morgan fingerprint density at radius 3 is 2.72 bits per heavy atom. The molecule has 0 radical (unpaired) electrons. The van der Waals surface area contributed by atoms with Gasteiger partial charge in [-0.25, -0.2) is 9.37 Å². The van der Waals surface area contributed by atoms with Gasteiger partial charge in [0.2, 0.25) is 5.88 Å². The zero-order valence-corrected chi connectivity index (χ0v) is 10.2. The number of nitriles is 1. The zero-order valence-electron chi connectivity index (χ0n) is 9.45. The number of rotatable bonds is 2. The van der Waals surface area contributed by atoms with Gasteiger partial charge in [0, 0.05) is 17.3 Å². The molecule has 0 N–H and O–H groups in total. The molecule has 0 bridgehead atoms. The highest BCUT2D eigenvalue weighted by atomic mass is 35.5. The van der Waals surface area contributed by atoms with E-state index in [2.05, 4.69) is 4.98 Å². The van der Waals surface area contributed by atoms with Crippen LogP contribution in [0.5, 0.6) is 5.88 Å². The summed E-state index contributed by atoms with van der Waals surface area (Å²) in [5.74, 6) is -0.0883. The number of nitrogens with zero attached hydrogens (tertiary/aromatic N) is 2. The van der Waals surface area contributed by atoms with Crippen LogP contribution >= 0.6 is 11.6 Å². The van der Waals surface area contributed by atoms with Crippen LogP contribution in [0.25, 0.3) is 11.1 Å². The lowest BCUT2D eigenvalue weighted by molar-refractivity contribution is 0.399. The van der Waals surface area contributed by atoms with E-state index in [0.717, 1.165) is 0 Å². The van der Waals surface area contributed by atoms with E-state index in [4.69, 9.17) is 21.6 Å². The molecule has 0 amide bonds. The minimum absolute atomic E-state index is 0.241. The van der Waals surface area contributed by atoms with Crippen LogP contribution in [-0.4, -0.2) is 12.1 Å². The van der Waals surface area contributed by atoms with Crippen molar-refractivity contribution < 1.29 is 9.13 Å². The molecule has 0 saturated carbocycles. The van der Waals surface area contributed by atoms with Gasteiger partial charge in [0.25, 0.3) is 0 Å².